The molecule has 1 aliphatic rings. The highest BCUT2D eigenvalue weighted by molar-refractivity contribution is 7.09. The molecule has 0 saturated carbocycles. The van der Waals surface area contributed by atoms with Crippen molar-refractivity contribution in [3.05, 3.63) is 32.1 Å². The molecule has 1 aromatic heterocycles. The van der Waals surface area contributed by atoms with E-state index in [1.54, 1.807) is 13.8 Å². The van der Waals surface area contributed by atoms with Crippen molar-refractivity contribution in [3.63, 3.8) is 0 Å². The molecule has 5 atom stereocenters. The van der Waals surface area contributed by atoms with Crippen molar-refractivity contribution in [2.75, 3.05) is 13.2 Å². The number of ether oxygens (including phenoxy) is 2. The number of cyclic esters (lactones) is 1. The average molecular weight is 593 g/mol. The lowest BCUT2D eigenvalue weighted by molar-refractivity contribution is -0.159. The lowest BCUT2D eigenvalue weighted by Crippen LogP contribution is -2.47. The summed E-state index contributed by atoms with van der Waals surface area (Å²) in [6.45, 7) is 13.4. The molecule has 2 heterocycles. The number of aliphatic hydroxyl groups excluding tert-OH is 2. The lowest BCUT2D eigenvalue weighted by Gasteiger charge is -2.36. The van der Waals surface area contributed by atoms with Crippen LogP contribution in [0.15, 0.2) is 16.1 Å². The molecule has 230 valence electrons. The second-order valence-corrected chi connectivity index (χ2v) is 13.5. The van der Waals surface area contributed by atoms with Crippen LogP contribution in [0, 0.1) is 24.2 Å². The van der Waals surface area contributed by atoms with Gasteiger partial charge < -0.3 is 19.7 Å². The van der Waals surface area contributed by atoms with Gasteiger partial charge in [-0.15, -0.1) is 11.3 Å². The molecule has 2 N–H and O–H groups in total. The minimum Gasteiger partial charge on any atom is -0.455 e. The molecule has 0 amide bonds. The number of carbonyl (C=O) groups excluding carboxylic acids is 2. The van der Waals surface area contributed by atoms with Crippen LogP contribution in [0.1, 0.15) is 97.2 Å². The van der Waals surface area contributed by atoms with Crippen molar-refractivity contribution in [3.8, 4) is 0 Å². The third kappa shape index (κ3) is 10.8. The third-order valence-electron chi connectivity index (χ3n) is 8.10. The van der Waals surface area contributed by atoms with E-state index < -0.39 is 41.2 Å². The Balaban J connectivity index is 2.34. The molecule has 1 saturated heterocycles. The number of aromatic nitrogens is 1. The summed E-state index contributed by atoms with van der Waals surface area (Å²) >= 11 is 1.53. The fourth-order valence-electron chi connectivity index (χ4n) is 5.13. The number of hydrogen-bond donors (Lipinski definition) is 2. The smallest absolute Gasteiger partial charge is 0.309 e. The van der Waals surface area contributed by atoms with Gasteiger partial charge in [0.05, 0.1) is 47.0 Å². The van der Waals surface area contributed by atoms with Crippen molar-refractivity contribution in [1.82, 2.24) is 4.98 Å². The number of unbranched alkanes of at least 4 members (excludes halogenated alkanes) is 1. The number of nitrogens with zero attached hydrogens (tertiary/aromatic N) is 4. The second-order valence-electron chi connectivity index (χ2n) is 12.5. The summed E-state index contributed by atoms with van der Waals surface area (Å²) in [6, 6.07) is 0. The number of aliphatic hydroxyl groups is 2. The highest BCUT2D eigenvalue weighted by Gasteiger charge is 2.44. The summed E-state index contributed by atoms with van der Waals surface area (Å²) in [7, 11) is 0. The van der Waals surface area contributed by atoms with E-state index in [0.717, 1.165) is 22.7 Å². The Morgan fingerprint density at radius 2 is 1.98 bits per heavy atom. The summed E-state index contributed by atoms with van der Waals surface area (Å²) in [5.41, 5.74) is 8.27. The van der Waals surface area contributed by atoms with Gasteiger partial charge in [0, 0.05) is 22.8 Å². The second kappa shape index (κ2) is 15.8. The summed E-state index contributed by atoms with van der Waals surface area (Å²) < 4.78 is 12.1. The minimum atomic E-state index is -1.31. The fraction of sp³-hybridized carbons (Fsp3) is 0.767. The molecular formula is C30H48N4O6S. The van der Waals surface area contributed by atoms with Crippen LogP contribution in [0.25, 0.3) is 16.5 Å². The van der Waals surface area contributed by atoms with Gasteiger partial charge in [-0.2, -0.15) is 0 Å². The highest BCUT2D eigenvalue weighted by Crippen LogP contribution is 2.35. The van der Waals surface area contributed by atoms with Gasteiger partial charge in [0.1, 0.15) is 11.9 Å². The number of hydrogen-bond acceptors (Lipinski definition) is 9. The van der Waals surface area contributed by atoms with Crippen molar-refractivity contribution >= 4 is 29.2 Å². The molecule has 0 aliphatic carbocycles. The molecule has 10 nitrogen and oxygen atoms in total. The zero-order valence-electron chi connectivity index (χ0n) is 25.6. The number of thiazole rings is 1. The quantitative estimate of drug-likeness (QED) is 0.126. The predicted octanol–water partition coefficient (Wildman–Crippen LogP) is 6.19. The lowest BCUT2D eigenvalue weighted by atomic mass is 9.71. The van der Waals surface area contributed by atoms with E-state index in [9.17, 15) is 19.8 Å². The molecule has 1 aliphatic heterocycles. The molecule has 0 aromatic carbocycles. The van der Waals surface area contributed by atoms with E-state index in [2.05, 4.69) is 15.0 Å². The molecule has 0 spiro atoms. The van der Waals surface area contributed by atoms with E-state index in [4.69, 9.17) is 15.0 Å². The Morgan fingerprint density at radius 3 is 2.61 bits per heavy atom. The molecule has 2 rings (SSSR count). The summed E-state index contributed by atoms with van der Waals surface area (Å²) in [5, 5.41) is 28.9. The van der Waals surface area contributed by atoms with Crippen molar-refractivity contribution in [1.29, 1.82) is 0 Å². The number of rotatable bonds is 7. The number of Topliss-reactive ketones (excluding diaryl/α,β-unsaturated/α-hetero) is 1. The Bertz CT molecular complexity index is 1090. The van der Waals surface area contributed by atoms with Gasteiger partial charge in [-0.05, 0) is 76.5 Å². The summed E-state index contributed by atoms with van der Waals surface area (Å²) in [4.78, 5) is 34.2. The van der Waals surface area contributed by atoms with E-state index in [-0.39, 0.29) is 24.7 Å². The van der Waals surface area contributed by atoms with Crippen LogP contribution in [0.3, 0.4) is 0 Å². The summed E-state index contributed by atoms with van der Waals surface area (Å²) in [5.74, 6) is -1.82. The monoisotopic (exact) mass is 592 g/mol. The van der Waals surface area contributed by atoms with Gasteiger partial charge in [0.15, 0.2) is 0 Å². The first-order valence-electron chi connectivity index (χ1n) is 14.5. The van der Waals surface area contributed by atoms with Gasteiger partial charge in [-0.25, -0.2) is 4.98 Å². The SMILES string of the molecule is C/C(=C\c1csc(C)n1)C1COC(C)(C)CCCC(C)C(O)C(CCCCN=[N+]=[N-])C(=O)C(C)(C)[C@@H](O)CC(=O)O1. The van der Waals surface area contributed by atoms with E-state index in [1.165, 1.54) is 11.3 Å². The fourth-order valence-corrected chi connectivity index (χ4v) is 5.70. The Kier molecular flexibility index (Phi) is 13.4. The predicted molar refractivity (Wildman–Crippen MR) is 160 cm³/mol. The van der Waals surface area contributed by atoms with Crippen molar-refractivity contribution in [2.45, 2.75) is 117 Å². The maximum atomic E-state index is 13.8. The van der Waals surface area contributed by atoms with E-state index in [0.29, 0.717) is 38.6 Å². The minimum absolute atomic E-state index is 0.138. The van der Waals surface area contributed by atoms with Gasteiger partial charge in [0.25, 0.3) is 0 Å². The molecule has 1 fully saturated rings. The molecule has 4 unspecified atom stereocenters. The largest absolute Gasteiger partial charge is 0.455 e. The van der Waals surface area contributed by atoms with Gasteiger partial charge >= 0.3 is 5.97 Å². The van der Waals surface area contributed by atoms with Crippen LogP contribution >= 0.6 is 11.3 Å². The molecular weight excluding hydrogens is 544 g/mol. The zero-order chi connectivity index (χ0) is 30.8. The normalized spacial score (nSPS) is 28.5. The summed E-state index contributed by atoms with van der Waals surface area (Å²) in [6.07, 6.45) is 2.32. The van der Waals surface area contributed by atoms with Crippen LogP contribution < -0.4 is 0 Å². The number of ketones is 1. The standard InChI is InChI=1S/C30H48N4O6S/c1-19-11-10-13-29(4,5)39-17-24(20(2)15-22-18-41-21(3)33-22)40-26(36)16-25(35)30(6,7)28(38)23(27(19)37)12-8-9-14-32-34-31/h15,18-19,23-25,27,35,37H,8-14,16-17H2,1-7H3/b20-15+/t19?,23?,24?,25-,27?/m0/s1. The van der Waals surface area contributed by atoms with Crippen molar-refractivity contribution in [2.24, 2.45) is 22.4 Å². The zero-order valence-corrected chi connectivity index (χ0v) is 26.4. The van der Waals surface area contributed by atoms with E-state index >= 15 is 0 Å². The molecule has 1 aromatic rings. The first kappa shape index (κ1) is 34.9. The molecule has 0 bridgehead atoms. The van der Waals surface area contributed by atoms with Crippen LogP contribution in [0.2, 0.25) is 0 Å². The molecule has 41 heavy (non-hydrogen) atoms. The van der Waals surface area contributed by atoms with Crippen LogP contribution in [0.5, 0.6) is 0 Å². The first-order chi connectivity index (χ1) is 19.2. The van der Waals surface area contributed by atoms with E-state index in [1.807, 2.05) is 46.1 Å². The first-order valence-corrected chi connectivity index (χ1v) is 15.4. The Hall–Kier alpha value is -2.30. The average Bonchev–Trinajstić information content (AvgIpc) is 3.31. The Morgan fingerprint density at radius 1 is 1.27 bits per heavy atom. The van der Waals surface area contributed by atoms with Crippen LogP contribution in [-0.2, 0) is 19.1 Å². The highest BCUT2D eigenvalue weighted by atomic mass is 32.1. The maximum absolute atomic E-state index is 13.8. The molecule has 11 heteroatoms. The van der Waals surface area contributed by atoms with Gasteiger partial charge in [0.2, 0.25) is 0 Å². The number of azide groups is 1. The maximum Gasteiger partial charge on any atom is 0.309 e. The van der Waals surface area contributed by atoms with Gasteiger partial charge in [-0.1, -0.05) is 38.7 Å². The number of carbonyl (C=O) groups is 2. The van der Waals surface area contributed by atoms with Crippen LogP contribution in [0.4, 0.5) is 0 Å². The number of esters is 1. The third-order valence-corrected chi connectivity index (χ3v) is 8.90. The van der Waals surface area contributed by atoms with Gasteiger partial charge in [-0.3, -0.25) is 9.59 Å². The Labute approximate surface area is 248 Å². The molecule has 0 radical (unpaired) electrons. The van der Waals surface area contributed by atoms with Crippen LogP contribution in [-0.4, -0.2) is 64.0 Å². The van der Waals surface area contributed by atoms with Crippen molar-refractivity contribution < 1.29 is 29.3 Å². The number of aryl methyl sites for hydroxylation is 1. The topological polar surface area (TPSA) is 155 Å².